The zero-order valence-electron chi connectivity index (χ0n) is 12.6. The molecule has 1 unspecified atom stereocenters. The first-order valence-electron chi connectivity index (χ1n) is 7.25. The normalized spacial score (nSPS) is 12.7. The van der Waals surface area contributed by atoms with Gasteiger partial charge in [0.25, 0.3) is 0 Å². The third-order valence-electron chi connectivity index (χ3n) is 2.95. The second-order valence-electron chi connectivity index (χ2n) is 4.82. The second kappa shape index (κ2) is 8.94. The van der Waals surface area contributed by atoms with Gasteiger partial charge in [-0.2, -0.15) is 0 Å². The highest BCUT2D eigenvalue weighted by atomic mass is 16.5. The van der Waals surface area contributed by atoms with Crippen molar-refractivity contribution >= 4 is 0 Å². The van der Waals surface area contributed by atoms with E-state index in [1.54, 1.807) is 0 Å². The van der Waals surface area contributed by atoms with E-state index in [1.165, 1.54) is 5.56 Å². The first-order chi connectivity index (χ1) is 9.19. The fraction of sp³-hybridized carbons (Fsp3) is 0.625. The van der Waals surface area contributed by atoms with E-state index in [1.807, 2.05) is 26.0 Å². The lowest BCUT2D eigenvalue weighted by Crippen LogP contribution is -2.21. The van der Waals surface area contributed by atoms with Crippen molar-refractivity contribution in [1.29, 1.82) is 0 Å². The van der Waals surface area contributed by atoms with Crippen LogP contribution in [0.1, 0.15) is 45.7 Å². The summed E-state index contributed by atoms with van der Waals surface area (Å²) in [5.41, 5.74) is 1.23. The van der Waals surface area contributed by atoms with Crippen LogP contribution >= 0.6 is 0 Å². The van der Waals surface area contributed by atoms with E-state index in [-0.39, 0.29) is 6.10 Å². The minimum atomic E-state index is 0.254. The average molecular weight is 265 g/mol. The van der Waals surface area contributed by atoms with Gasteiger partial charge in [-0.3, -0.25) is 0 Å². The van der Waals surface area contributed by atoms with Crippen molar-refractivity contribution in [2.45, 2.75) is 46.3 Å². The van der Waals surface area contributed by atoms with Crippen LogP contribution in [-0.2, 0) is 4.74 Å². The molecule has 0 fully saturated rings. The van der Waals surface area contributed by atoms with Crippen LogP contribution in [0.4, 0.5) is 0 Å². The minimum Gasteiger partial charge on any atom is -0.491 e. The molecule has 1 aromatic rings. The Hall–Kier alpha value is -1.06. The van der Waals surface area contributed by atoms with Crippen LogP contribution in [0.5, 0.6) is 5.75 Å². The molecule has 19 heavy (non-hydrogen) atoms. The summed E-state index contributed by atoms with van der Waals surface area (Å²) in [4.78, 5) is 0. The van der Waals surface area contributed by atoms with Gasteiger partial charge in [-0.25, -0.2) is 0 Å². The van der Waals surface area contributed by atoms with E-state index in [0.29, 0.717) is 19.3 Å². The third kappa shape index (κ3) is 5.62. The smallest absolute Gasteiger partial charge is 0.124 e. The Morgan fingerprint density at radius 1 is 1.11 bits per heavy atom. The van der Waals surface area contributed by atoms with Crippen LogP contribution in [0.25, 0.3) is 0 Å². The largest absolute Gasteiger partial charge is 0.491 e. The van der Waals surface area contributed by atoms with Crippen LogP contribution in [-0.4, -0.2) is 25.9 Å². The summed E-state index contributed by atoms with van der Waals surface area (Å²) in [5, 5.41) is 3.49. The van der Waals surface area contributed by atoms with Crippen molar-refractivity contribution in [3.63, 3.8) is 0 Å². The Morgan fingerprint density at radius 2 is 1.84 bits per heavy atom. The summed E-state index contributed by atoms with van der Waals surface area (Å²) in [6.45, 7) is 10.6. The fourth-order valence-electron chi connectivity index (χ4n) is 2.06. The molecule has 1 atom stereocenters. The van der Waals surface area contributed by atoms with Gasteiger partial charge < -0.3 is 14.8 Å². The number of rotatable bonds is 9. The van der Waals surface area contributed by atoms with Crippen molar-refractivity contribution in [2.24, 2.45) is 0 Å². The third-order valence-corrected chi connectivity index (χ3v) is 2.95. The van der Waals surface area contributed by atoms with Gasteiger partial charge >= 0.3 is 0 Å². The zero-order valence-corrected chi connectivity index (χ0v) is 12.6. The molecule has 3 nitrogen and oxygen atoms in total. The summed E-state index contributed by atoms with van der Waals surface area (Å²) in [6.07, 6.45) is 1.31. The molecule has 108 valence electrons. The maximum Gasteiger partial charge on any atom is 0.124 e. The predicted octanol–water partition coefficient (Wildman–Crippen LogP) is 3.55. The van der Waals surface area contributed by atoms with Crippen LogP contribution in [0, 0.1) is 0 Å². The molecule has 1 rings (SSSR count). The van der Waals surface area contributed by atoms with Crippen molar-refractivity contribution in [1.82, 2.24) is 5.32 Å². The summed E-state index contributed by atoms with van der Waals surface area (Å²) in [7, 11) is 0. The molecule has 0 saturated heterocycles. The van der Waals surface area contributed by atoms with Crippen LogP contribution in [0.3, 0.4) is 0 Å². The van der Waals surface area contributed by atoms with Crippen molar-refractivity contribution < 1.29 is 9.47 Å². The average Bonchev–Trinajstić information content (AvgIpc) is 2.41. The summed E-state index contributed by atoms with van der Waals surface area (Å²) < 4.78 is 11.3. The van der Waals surface area contributed by atoms with E-state index >= 15 is 0 Å². The van der Waals surface area contributed by atoms with E-state index in [9.17, 15) is 0 Å². The van der Waals surface area contributed by atoms with Crippen molar-refractivity contribution in [3.05, 3.63) is 29.8 Å². The maximum absolute atomic E-state index is 5.85. The lowest BCUT2D eigenvalue weighted by Gasteiger charge is -2.20. The lowest BCUT2D eigenvalue weighted by molar-refractivity contribution is 0.0549. The molecule has 0 aliphatic heterocycles. The van der Waals surface area contributed by atoms with Gasteiger partial charge in [-0.05, 0) is 32.9 Å². The molecule has 1 N–H and O–H groups in total. The number of para-hydroxylation sites is 1. The minimum absolute atomic E-state index is 0.254. The molecule has 1 aromatic carbocycles. The SMILES string of the molecule is CCNC(CC)c1ccccc1OCCOC(C)C. The predicted molar refractivity (Wildman–Crippen MR) is 79.7 cm³/mol. The molecular weight excluding hydrogens is 238 g/mol. The Morgan fingerprint density at radius 3 is 2.47 bits per heavy atom. The molecule has 0 bridgehead atoms. The summed E-state index contributed by atoms with van der Waals surface area (Å²) in [6, 6.07) is 8.60. The zero-order chi connectivity index (χ0) is 14.1. The van der Waals surface area contributed by atoms with E-state index in [2.05, 4.69) is 31.3 Å². The summed E-state index contributed by atoms with van der Waals surface area (Å²) in [5.74, 6) is 0.961. The monoisotopic (exact) mass is 265 g/mol. The number of hydrogen-bond acceptors (Lipinski definition) is 3. The van der Waals surface area contributed by atoms with Crippen LogP contribution in [0.2, 0.25) is 0 Å². The molecule has 3 heteroatoms. The van der Waals surface area contributed by atoms with Gasteiger partial charge in [-0.15, -0.1) is 0 Å². The lowest BCUT2D eigenvalue weighted by atomic mass is 10.0. The number of ether oxygens (including phenoxy) is 2. The quantitative estimate of drug-likeness (QED) is 0.693. The van der Waals surface area contributed by atoms with Gasteiger partial charge in [-0.1, -0.05) is 32.0 Å². The van der Waals surface area contributed by atoms with Crippen molar-refractivity contribution in [2.75, 3.05) is 19.8 Å². The topological polar surface area (TPSA) is 30.5 Å². The first-order valence-corrected chi connectivity index (χ1v) is 7.25. The van der Waals surface area contributed by atoms with E-state index < -0.39 is 0 Å². The van der Waals surface area contributed by atoms with Gasteiger partial charge in [0, 0.05) is 11.6 Å². The second-order valence-corrected chi connectivity index (χ2v) is 4.82. The molecular formula is C16H27NO2. The Balaban J connectivity index is 2.61. The Labute approximate surface area is 117 Å². The molecule has 0 aliphatic carbocycles. The standard InChI is InChI=1S/C16H27NO2/c1-5-15(17-6-2)14-9-7-8-10-16(14)19-12-11-18-13(3)4/h7-10,13,15,17H,5-6,11-12H2,1-4H3. The molecule has 0 spiro atoms. The highest BCUT2D eigenvalue weighted by Gasteiger charge is 2.12. The van der Waals surface area contributed by atoms with Gasteiger partial charge in [0.2, 0.25) is 0 Å². The molecule has 0 radical (unpaired) electrons. The van der Waals surface area contributed by atoms with Gasteiger partial charge in [0.1, 0.15) is 12.4 Å². The van der Waals surface area contributed by atoms with E-state index in [0.717, 1.165) is 18.7 Å². The molecule has 0 aliphatic rings. The van der Waals surface area contributed by atoms with Gasteiger partial charge in [0.15, 0.2) is 0 Å². The molecule has 0 amide bonds. The Kier molecular flexibility index (Phi) is 7.53. The Bertz CT molecular complexity index is 352. The van der Waals surface area contributed by atoms with Crippen LogP contribution in [0.15, 0.2) is 24.3 Å². The molecule has 0 aromatic heterocycles. The highest BCUT2D eigenvalue weighted by Crippen LogP contribution is 2.26. The van der Waals surface area contributed by atoms with E-state index in [4.69, 9.17) is 9.47 Å². The number of benzene rings is 1. The number of hydrogen-bond donors (Lipinski definition) is 1. The highest BCUT2D eigenvalue weighted by molar-refractivity contribution is 5.35. The fourth-order valence-corrected chi connectivity index (χ4v) is 2.06. The molecule has 0 heterocycles. The maximum atomic E-state index is 5.85. The summed E-state index contributed by atoms with van der Waals surface area (Å²) >= 11 is 0. The van der Waals surface area contributed by atoms with Crippen molar-refractivity contribution in [3.8, 4) is 5.75 Å². The van der Waals surface area contributed by atoms with Crippen LogP contribution < -0.4 is 10.1 Å². The first kappa shape index (κ1) is 16.0. The molecule has 0 saturated carbocycles. The van der Waals surface area contributed by atoms with Gasteiger partial charge in [0.05, 0.1) is 12.7 Å². The number of nitrogens with one attached hydrogen (secondary N) is 1.